The topological polar surface area (TPSA) is 101 Å². The number of hydrogen-bond donors (Lipinski definition) is 2. The van der Waals surface area contributed by atoms with Crippen molar-refractivity contribution in [3.63, 3.8) is 0 Å². The molecule has 192 valence electrons. The van der Waals surface area contributed by atoms with E-state index in [4.69, 9.17) is 4.74 Å². The first-order valence-corrected chi connectivity index (χ1v) is 13.6. The lowest BCUT2D eigenvalue weighted by Crippen LogP contribution is -2.08. The number of rotatable bonds is 5. The van der Waals surface area contributed by atoms with Gasteiger partial charge in [0, 0.05) is 11.6 Å². The molecule has 39 heavy (non-hydrogen) atoms. The van der Waals surface area contributed by atoms with Gasteiger partial charge in [-0.3, -0.25) is 9.35 Å². The lowest BCUT2D eigenvalue weighted by atomic mass is 9.85. The van der Waals surface area contributed by atoms with Crippen LogP contribution >= 0.6 is 0 Å². The van der Waals surface area contributed by atoms with Crippen molar-refractivity contribution in [1.82, 2.24) is 0 Å². The molecule has 6 aromatic rings. The van der Waals surface area contributed by atoms with Gasteiger partial charge in [-0.05, 0) is 55.6 Å². The van der Waals surface area contributed by atoms with Gasteiger partial charge in [0.15, 0.2) is 5.78 Å². The maximum Gasteiger partial charge on any atom is 0.298 e. The van der Waals surface area contributed by atoms with E-state index >= 15 is 0 Å². The SMILES string of the molecule is COc1cc(O)c(C(=O)c2c3ccccc3c(-c3ccc4ccccc4c3)c3ccccc23)cc1S(=O)(=O)O. The number of fused-ring (bicyclic) bond motifs is 3. The second kappa shape index (κ2) is 9.23. The van der Waals surface area contributed by atoms with Crippen molar-refractivity contribution in [2.75, 3.05) is 7.11 Å². The van der Waals surface area contributed by atoms with Crippen molar-refractivity contribution < 1.29 is 27.6 Å². The zero-order chi connectivity index (χ0) is 27.3. The number of hydrogen-bond acceptors (Lipinski definition) is 5. The monoisotopic (exact) mass is 534 g/mol. The third-order valence-electron chi connectivity index (χ3n) is 7.00. The quantitative estimate of drug-likeness (QED) is 0.140. The molecular weight excluding hydrogens is 512 g/mol. The predicted octanol–water partition coefficient (Wildman–Crippen LogP) is 7.01. The first-order chi connectivity index (χ1) is 18.8. The summed E-state index contributed by atoms with van der Waals surface area (Å²) in [6.45, 7) is 0. The molecule has 0 unspecified atom stereocenters. The third kappa shape index (κ3) is 4.09. The third-order valence-corrected chi connectivity index (χ3v) is 7.88. The smallest absolute Gasteiger partial charge is 0.298 e. The summed E-state index contributed by atoms with van der Waals surface area (Å²) in [5, 5.41) is 15.9. The highest BCUT2D eigenvalue weighted by molar-refractivity contribution is 7.86. The minimum atomic E-state index is -4.73. The molecular formula is C32H22O6S. The minimum Gasteiger partial charge on any atom is -0.507 e. The van der Waals surface area contributed by atoms with Crippen LogP contribution in [0.1, 0.15) is 15.9 Å². The molecule has 6 rings (SSSR count). The Kier molecular flexibility index (Phi) is 5.83. The zero-order valence-electron chi connectivity index (χ0n) is 20.8. The number of methoxy groups -OCH3 is 1. The fourth-order valence-corrected chi connectivity index (χ4v) is 5.92. The predicted molar refractivity (Wildman–Crippen MR) is 152 cm³/mol. The molecule has 0 aliphatic carbocycles. The fourth-order valence-electron chi connectivity index (χ4n) is 5.26. The van der Waals surface area contributed by atoms with E-state index in [0.717, 1.165) is 44.8 Å². The van der Waals surface area contributed by atoms with E-state index in [2.05, 4.69) is 30.3 Å². The van der Waals surface area contributed by atoms with Crippen molar-refractivity contribution in [3.8, 4) is 22.6 Å². The van der Waals surface area contributed by atoms with Crippen molar-refractivity contribution in [3.05, 3.63) is 114 Å². The molecule has 0 amide bonds. The summed E-state index contributed by atoms with van der Waals surface area (Å²) in [5.41, 5.74) is 1.99. The van der Waals surface area contributed by atoms with Crippen LogP contribution in [0.2, 0.25) is 0 Å². The van der Waals surface area contributed by atoms with E-state index in [1.807, 2.05) is 60.7 Å². The van der Waals surface area contributed by atoms with E-state index in [9.17, 15) is 22.9 Å². The normalized spacial score (nSPS) is 11.7. The van der Waals surface area contributed by atoms with Crippen LogP contribution in [-0.4, -0.2) is 31.0 Å². The summed E-state index contributed by atoms with van der Waals surface area (Å²) in [6.07, 6.45) is 0. The average molecular weight is 535 g/mol. The Hall–Kier alpha value is -4.72. The summed E-state index contributed by atoms with van der Waals surface area (Å²) < 4.78 is 38.8. The number of phenols is 1. The highest BCUT2D eigenvalue weighted by Crippen LogP contribution is 2.42. The Balaban J connectivity index is 1.68. The van der Waals surface area contributed by atoms with Crippen LogP contribution < -0.4 is 4.74 Å². The van der Waals surface area contributed by atoms with Gasteiger partial charge in [0.1, 0.15) is 16.4 Å². The van der Waals surface area contributed by atoms with Crippen LogP contribution in [0.4, 0.5) is 0 Å². The van der Waals surface area contributed by atoms with E-state index in [0.29, 0.717) is 16.3 Å². The van der Waals surface area contributed by atoms with Gasteiger partial charge in [-0.1, -0.05) is 84.9 Å². The minimum absolute atomic E-state index is 0.266. The van der Waals surface area contributed by atoms with Crippen LogP contribution in [0.25, 0.3) is 43.4 Å². The molecule has 0 aromatic heterocycles. The molecule has 0 atom stereocenters. The van der Waals surface area contributed by atoms with Crippen LogP contribution in [0, 0.1) is 0 Å². The maximum absolute atomic E-state index is 14.1. The van der Waals surface area contributed by atoms with Gasteiger partial charge in [-0.25, -0.2) is 0 Å². The number of aromatic hydroxyl groups is 1. The lowest BCUT2D eigenvalue weighted by molar-refractivity contribution is 0.103. The van der Waals surface area contributed by atoms with Gasteiger partial charge in [0.25, 0.3) is 10.1 Å². The summed E-state index contributed by atoms with van der Waals surface area (Å²) in [4.78, 5) is 13.5. The molecule has 6 nitrogen and oxygen atoms in total. The standard InChI is InChI=1S/C32H22O6S/c1-38-28-18-27(33)26(17-29(28)39(35,36)37)32(34)31-24-12-6-4-10-22(24)30(23-11-5-7-13-25(23)31)21-15-14-19-8-2-3-9-20(19)16-21/h2-18,33H,1H3,(H,35,36,37). The highest BCUT2D eigenvalue weighted by Gasteiger charge is 2.26. The first kappa shape index (κ1) is 24.6. The molecule has 0 aliphatic heterocycles. The Bertz CT molecular complexity index is 2000. The van der Waals surface area contributed by atoms with E-state index in [1.165, 1.54) is 7.11 Å². The second-order valence-electron chi connectivity index (χ2n) is 9.23. The molecule has 0 saturated carbocycles. The van der Waals surface area contributed by atoms with Gasteiger partial charge in [0.05, 0.1) is 12.7 Å². The number of carbonyl (C=O) groups is 1. The summed E-state index contributed by atoms with van der Waals surface area (Å²) in [7, 11) is -3.53. The number of carbonyl (C=O) groups excluding carboxylic acids is 1. The van der Waals surface area contributed by atoms with E-state index < -0.39 is 26.5 Å². The van der Waals surface area contributed by atoms with Crippen molar-refractivity contribution in [2.45, 2.75) is 4.90 Å². The van der Waals surface area contributed by atoms with Crippen molar-refractivity contribution >= 4 is 48.2 Å². The highest BCUT2D eigenvalue weighted by atomic mass is 32.2. The van der Waals surface area contributed by atoms with Crippen LogP contribution in [-0.2, 0) is 10.1 Å². The average Bonchev–Trinajstić information content (AvgIpc) is 2.94. The van der Waals surface area contributed by atoms with Gasteiger partial charge in [-0.2, -0.15) is 8.42 Å². The summed E-state index contributed by atoms with van der Waals surface area (Å²) in [5.74, 6) is -1.32. The molecule has 2 N–H and O–H groups in total. The van der Waals surface area contributed by atoms with Crippen LogP contribution in [0.5, 0.6) is 11.5 Å². The molecule has 0 radical (unpaired) electrons. The van der Waals surface area contributed by atoms with Crippen molar-refractivity contribution in [1.29, 1.82) is 0 Å². The Morgan fingerprint density at radius 2 is 1.28 bits per heavy atom. The molecule has 0 spiro atoms. The molecule has 0 bridgehead atoms. The number of ketones is 1. The zero-order valence-corrected chi connectivity index (χ0v) is 21.6. The number of ether oxygens (including phenoxy) is 1. The largest absolute Gasteiger partial charge is 0.507 e. The summed E-state index contributed by atoms with van der Waals surface area (Å²) in [6, 6.07) is 31.3. The van der Waals surface area contributed by atoms with Gasteiger partial charge in [-0.15, -0.1) is 0 Å². The molecule has 6 aromatic carbocycles. The maximum atomic E-state index is 14.1. The van der Waals surface area contributed by atoms with Gasteiger partial charge in [0.2, 0.25) is 0 Å². The van der Waals surface area contributed by atoms with E-state index in [-0.39, 0.29) is 11.3 Å². The van der Waals surface area contributed by atoms with Crippen LogP contribution in [0.3, 0.4) is 0 Å². The molecule has 0 heterocycles. The molecule has 0 fully saturated rings. The van der Waals surface area contributed by atoms with Gasteiger partial charge >= 0.3 is 0 Å². The summed E-state index contributed by atoms with van der Waals surface area (Å²) >= 11 is 0. The second-order valence-corrected chi connectivity index (χ2v) is 10.6. The first-order valence-electron chi connectivity index (χ1n) is 12.1. The van der Waals surface area contributed by atoms with Crippen LogP contribution in [0.15, 0.2) is 108 Å². The lowest BCUT2D eigenvalue weighted by Gasteiger charge is -2.18. The van der Waals surface area contributed by atoms with Gasteiger partial charge < -0.3 is 9.84 Å². The Morgan fingerprint density at radius 3 is 1.87 bits per heavy atom. The Labute approximate surface area is 224 Å². The molecule has 7 heteroatoms. The fraction of sp³-hybridized carbons (Fsp3) is 0.0312. The molecule has 0 aliphatic rings. The van der Waals surface area contributed by atoms with Crippen molar-refractivity contribution in [2.24, 2.45) is 0 Å². The Morgan fingerprint density at radius 1 is 0.718 bits per heavy atom. The van der Waals surface area contributed by atoms with E-state index in [1.54, 1.807) is 0 Å². The number of phenolic OH excluding ortho intramolecular Hbond substituents is 1. The molecule has 0 saturated heterocycles. The number of benzene rings is 6.